The summed E-state index contributed by atoms with van der Waals surface area (Å²) in [6, 6.07) is 0.375. The lowest BCUT2D eigenvalue weighted by atomic mass is 9.78. The molecule has 0 spiro atoms. The minimum absolute atomic E-state index is 0.0784. The molecule has 0 saturated heterocycles. The Morgan fingerprint density at radius 1 is 1.26 bits per heavy atom. The third kappa shape index (κ3) is 3.71. The smallest absolute Gasteiger partial charge is 0.303 e. The van der Waals surface area contributed by atoms with Gasteiger partial charge in [-0.05, 0) is 38.5 Å². The number of rotatable bonds is 6. The first-order valence-electron chi connectivity index (χ1n) is 8.54. The number of amides is 1. The van der Waals surface area contributed by atoms with E-state index in [0.29, 0.717) is 18.2 Å². The lowest BCUT2D eigenvalue weighted by Gasteiger charge is -2.37. The number of aromatic nitrogens is 3. The Labute approximate surface area is 135 Å². The number of nitrogens with one attached hydrogen (secondary N) is 1. The van der Waals surface area contributed by atoms with Crippen LogP contribution in [-0.4, -0.2) is 37.5 Å². The molecular weight excluding hydrogens is 296 g/mol. The van der Waals surface area contributed by atoms with Crippen molar-refractivity contribution in [3.63, 3.8) is 0 Å². The summed E-state index contributed by atoms with van der Waals surface area (Å²) in [4.78, 5) is 23.5. The van der Waals surface area contributed by atoms with Crippen LogP contribution in [0.1, 0.15) is 80.7 Å². The molecule has 1 aromatic heterocycles. The summed E-state index contributed by atoms with van der Waals surface area (Å²) in [7, 11) is 0. The van der Waals surface area contributed by atoms with Gasteiger partial charge in [0.25, 0.3) is 5.91 Å². The van der Waals surface area contributed by atoms with Crippen LogP contribution in [0.3, 0.4) is 0 Å². The molecule has 0 radical (unpaired) electrons. The lowest BCUT2D eigenvalue weighted by molar-refractivity contribution is -0.137. The standard InChI is InChI=1S/C16H24N4O3/c21-14(22)7-10-16(8-2-1-3-9-16)17-15(23)13-11-20(19-18-13)12-5-4-6-12/h11-12H,1-10H2,(H,17,23)(H,21,22). The van der Waals surface area contributed by atoms with E-state index in [1.165, 1.54) is 6.42 Å². The maximum Gasteiger partial charge on any atom is 0.303 e. The predicted octanol–water partition coefficient (Wildman–Crippen LogP) is 2.30. The molecule has 2 fully saturated rings. The van der Waals surface area contributed by atoms with Crippen LogP contribution in [0, 0.1) is 0 Å². The van der Waals surface area contributed by atoms with Crippen LogP contribution in [0.15, 0.2) is 6.20 Å². The Morgan fingerprint density at radius 3 is 2.61 bits per heavy atom. The first-order chi connectivity index (χ1) is 11.1. The molecule has 1 heterocycles. The second-order valence-electron chi connectivity index (χ2n) is 6.86. The first kappa shape index (κ1) is 16.0. The fraction of sp³-hybridized carbons (Fsp3) is 0.750. The molecular formula is C16H24N4O3. The van der Waals surface area contributed by atoms with Crippen molar-refractivity contribution in [2.24, 2.45) is 0 Å². The fourth-order valence-electron chi connectivity index (χ4n) is 3.53. The van der Waals surface area contributed by atoms with Gasteiger partial charge in [0, 0.05) is 12.0 Å². The molecule has 126 valence electrons. The molecule has 1 aromatic rings. The first-order valence-corrected chi connectivity index (χ1v) is 8.54. The summed E-state index contributed by atoms with van der Waals surface area (Å²) in [5, 5.41) is 20.1. The Balaban J connectivity index is 1.67. The van der Waals surface area contributed by atoms with Crippen molar-refractivity contribution >= 4 is 11.9 Å². The van der Waals surface area contributed by atoms with Crippen molar-refractivity contribution in [2.75, 3.05) is 0 Å². The molecule has 2 saturated carbocycles. The van der Waals surface area contributed by atoms with Crippen LogP contribution in [0.5, 0.6) is 0 Å². The molecule has 2 aliphatic rings. The largest absolute Gasteiger partial charge is 0.481 e. The summed E-state index contributed by atoms with van der Waals surface area (Å²) in [5.74, 6) is -1.05. The van der Waals surface area contributed by atoms with E-state index in [-0.39, 0.29) is 12.3 Å². The zero-order chi connectivity index (χ0) is 16.3. The van der Waals surface area contributed by atoms with E-state index in [9.17, 15) is 9.59 Å². The van der Waals surface area contributed by atoms with Crippen LogP contribution >= 0.6 is 0 Å². The van der Waals surface area contributed by atoms with E-state index in [2.05, 4.69) is 15.6 Å². The van der Waals surface area contributed by atoms with Gasteiger partial charge in [-0.1, -0.05) is 24.5 Å². The van der Waals surface area contributed by atoms with Gasteiger partial charge in [0.1, 0.15) is 0 Å². The van der Waals surface area contributed by atoms with Gasteiger partial charge < -0.3 is 10.4 Å². The van der Waals surface area contributed by atoms with Gasteiger partial charge in [0.05, 0.1) is 12.2 Å². The predicted molar refractivity (Wildman–Crippen MR) is 83.1 cm³/mol. The van der Waals surface area contributed by atoms with Gasteiger partial charge in [-0.3, -0.25) is 9.59 Å². The third-order valence-corrected chi connectivity index (χ3v) is 5.20. The average Bonchev–Trinajstić information content (AvgIpc) is 2.94. The Bertz CT molecular complexity index is 574. The van der Waals surface area contributed by atoms with E-state index >= 15 is 0 Å². The van der Waals surface area contributed by atoms with Gasteiger partial charge >= 0.3 is 5.97 Å². The van der Waals surface area contributed by atoms with Gasteiger partial charge in [-0.25, -0.2) is 4.68 Å². The van der Waals surface area contributed by atoms with Crippen LogP contribution in [0.4, 0.5) is 0 Å². The number of carboxylic acids is 1. The molecule has 0 aromatic carbocycles. The van der Waals surface area contributed by atoms with Gasteiger partial charge in [0.2, 0.25) is 0 Å². The number of hydrogen-bond donors (Lipinski definition) is 2. The zero-order valence-electron chi connectivity index (χ0n) is 13.3. The van der Waals surface area contributed by atoms with Crippen LogP contribution in [0.25, 0.3) is 0 Å². The summed E-state index contributed by atoms with van der Waals surface area (Å²) in [5.41, 5.74) is -0.0780. The molecule has 0 bridgehead atoms. The minimum atomic E-state index is -0.819. The second-order valence-corrected chi connectivity index (χ2v) is 6.86. The number of aliphatic carboxylic acids is 1. The summed E-state index contributed by atoms with van der Waals surface area (Å²) >= 11 is 0. The topological polar surface area (TPSA) is 97.1 Å². The van der Waals surface area contributed by atoms with Crippen molar-refractivity contribution in [1.82, 2.24) is 20.3 Å². The minimum Gasteiger partial charge on any atom is -0.481 e. The fourth-order valence-corrected chi connectivity index (χ4v) is 3.53. The van der Waals surface area contributed by atoms with Crippen molar-refractivity contribution in [3.05, 3.63) is 11.9 Å². The highest BCUT2D eigenvalue weighted by atomic mass is 16.4. The summed E-state index contributed by atoms with van der Waals surface area (Å²) < 4.78 is 1.78. The highest BCUT2D eigenvalue weighted by molar-refractivity contribution is 5.92. The monoisotopic (exact) mass is 320 g/mol. The Hall–Kier alpha value is -1.92. The summed E-state index contributed by atoms with van der Waals surface area (Å²) in [6.45, 7) is 0. The zero-order valence-corrected chi connectivity index (χ0v) is 13.3. The number of carboxylic acid groups (broad SMARTS) is 1. The SMILES string of the molecule is O=C(O)CCC1(NC(=O)c2cn(C3CCC3)nn2)CCCCC1. The molecule has 2 aliphatic carbocycles. The average molecular weight is 320 g/mol. The quantitative estimate of drug-likeness (QED) is 0.838. The molecule has 3 rings (SSSR count). The second kappa shape index (κ2) is 6.68. The van der Waals surface area contributed by atoms with Gasteiger partial charge in [0.15, 0.2) is 5.69 Å². The lowest BCUT2D eigenvalue weighted by Crippen LogP contribution is -2.50. The molecule has 7 heteroatoms. The van der Waals surface area contributed by atoms with E-state index in [4.69, 9.17) is 5.11 Å². The molecule has 7 nitrogen and oxygen atoms in total. The normalized spacial score (nSPS) is 20.7. The van der Waals surface area contributed by atoms with Crippen LogP contribution in [-0.2, 0) is 4.79 Å². The number of carbonyl (C=O) groups excluding carboxylic acids is 1. The van der Waals surface area contributed by atoms with Gasteiger partial charge in [-0.2, -0.15) is 0 Å². The Kier molecular flexibility index (Phi) is 4.63. The van der Waals surface area contributed by atoms with Crippen LogP contribution in [0.2, 0.25) is 0 Å². The highest BCUT2D eigenvalue weighted by Gasteiger charge is 2.35. The molecule has 0 unspecified atom stereocenters. The van der Waals surface area contributed by atoms with Crippen molar-refractivity contribution < 1.29 is 14.7 Å². The van der Waals surface area contributed by atoms with Gasteiger partial charge in [-0.15, -0.1) is 5.10 Å². The van der Waals surface area contributed by atoms with E-state index in [1.807, 2.05) is 0 Å². The van der Waals surface area contributed by atoms with Crippen molar-refractivity contribution in [2.45, 2.75) is 75.8 Å². The van der Waals surface area contributed by atoms with Crippen molar-refractivity contribution in [3.8, 4) is 0 Å². The molecule has 1 amide bonds. The number of hydrogen-bond acceptors (Lipinski definition) is 4. The van der Waals surface area contributed by atoms with E-state index in [1.54, 1.807) is 10.9 Å². The van der Waals surface area contributed by atoms with E-state index in [0.717, 1.165) is 44.9 Å². The Morgan fingerprint density at radius 2 is 2.00 bits per heavy atom. The maximum atomic E-state index is 12.5. The van der Waals surface area contributed by atoms with Crippen molar-refractivity contribution in [1.29, 1.82) is 0 Å². The molecule has 23 heavy (non-hydrogen) atoms. The summed E-state index contributed by atoms with van der Waals surface area (Å²) in [6.07, 6.45) is 10.5. The molecule has 0 atom stereocenters. The molecule has 2 N–H and O–H groups in total. The molecule has 0 aliphatic heterocycles. The third-order valence-electron chi connectivity index (χ3n) is 5.20. The maximum absolute atomic E-state index is 12.5. The van der Waals surface area contributed by atoms with Crippen LogP contribution < -0.4 is 5.32 Å². The highest BCUT2D eigenvalue weighted by Crippen LogP contribution is 2.33. The van der Waals surface area contributed by atoms with E-state index < -0.39 is 11.5 Å². The number of nitrogens with zero attached hydrogens (tertiary/aromatic N) is 3. The number of carbonyl (C=O) groups is 2.